The second-order valence-electron chi connectivity index (χ2n) is 3.64. The molecule has 3 heterocycles. The summed E-state index contributed by atoms with van der Waals surface area (Å²) in [5, 5.41) is 0.647. The summed E-state index contributed by atoms with van der Waals surface area (Å²) in [6.45, 7) is 0. The lowest BCUT2D eigenvalue weighted by atomic mass is 10.4. The summed E-state index contributed by atoms with van der Waals surface area (Å²) in [6.07, 6.45) is 3.57. The number of fused-ring (bicyclic) bond motifs is 1. The summed E-state index contributed by atoms with van der Waals surface area (Å²) in [5.41, 5.74) is 2.01. The number of aromatic amines is 1. The fourth-order valence-corrected chi connectivity index (χ4v) is 1.84. The first-order valence-corrected chi connectivity index (χ1v) is 5.59. The van der Waals surface area contributed by atoms with Crippen LogP contribution in [0.5, 0.6) is 0 Å². The molecule has 3 aromatic heterocycles. The van der Waals surface area contributed by atoms with Crippen molar-refractivity contribution in [3.63, 3.8) is 0 Å². The third-order valence-electron chi connectivity index (χ3n) is 2.33. The number of nitrogens with zero attached hydrogens (tertiary/aromatic N) is 4. The Bertz CT molecular complexity index is 661. The molecule has 7 heteroatoms. The maximum absolute atomic E-state index is 5.89. The van der Waals surface area contributed by atoms with Gasteiger partial charge in [-0.05, 0) is 6.07 Å². The number of imidazole rings is 2. The van der Waals surface area contributed by atoms with Crippen molar-refractivity contribution in [3.8, 4) is 11.5 Å². The van der Waals surface area contributed by atoms with Crippen molar-refractivity contribution in [2.45, 2.75) is 0 Å². The topological polar surface area (TPSA) is 59.4 Å². The van der Waals surface area contributed by atoms with Gasteiger partial charge in [-0.25, -0.2) is 15.0 Å². The van der Waals surface area contributed by atoms with Crippen LogP contribution in [-0.2, 0) is 7.05 Å². The van der Waals surface area contributed by atoms with E-state index < -0.39 is 0 Å². The molecule has 0 aliphatic heterocycles. The van der Waals surface area contributed by atoms with E-state index in [1.807, 2.05) is 17.8 Å². The van der Waals surface area contributed by atoms with Crippen LogP contribution in [0.1, 0.15) is 0 Å². The molecule has 1 N–H and O–H groups in total. The number of hydrogen-bond acceptors (Lipinski definition) is 3. The number of nitrogens with one attached hydrogen (secondary N) is 1. The Balaban J connectivity index is 2.19. The van der Waals surface area contributed by atoms with Gasteiger partial charge in [-0.15, -0.1) is 0 Å². The molecule has 0 unspecified atom stereocenters. The Kier molecular flexibility index (Phi) is 2.31. The van der Waals surface area contributed by atoms with Gasteiger partial charge in [0.05, 0.1) is 16.9 Å². The zero-order valence-electron chi connectivity index (χ0n) is 8.78. The number of hydrogen-bond donors (Lipinski definition) is 1. The number of halogens is 2. The van der Waals surface area contributed by atoms with Gasteiger partial charge in [0, 0.05) is 13.2 Å². The first kappa shape index (κ1) is 10.6. The molecule has 0 fully saturated rings. The molecule has 0 radical (unpaired) electrons. The maximum atomic E-state index is 5.89. The molecule has 0 aromatic carbocycles. The molecule has 3 aromatic rings. The Morgan fingerprint density at radius 2 is 2.12 bits per heavy atom. The first-order chi connectivity index (χ1) is 8.13. The Morgan fingerprint density at radius 3 is 2.82 bits per heavy atom. The second kappa shape index (κ2) is 3.72. The minimum absolute atomic E-state index is 0.248. The van der Waals surface area contributed by atoms with Crippen molar-refractivity contribution < 1.29 is 0 Å². The van der Waals surface area contributed by atoms with Crippen molar-refractivity contribution in [1.29, 1.82) is 0 Å². The summed E-state index contributed by atoms with van der Waals surface area (Å²) < 4.78 is 1.84. The van der Waals surface area contributed by atoms with E-state index in [2.05, 4.69) is 19.9 Å². The minimum atomic E-state index is 0.248. The summed E-state index contributed by atoms with van der Waals surface area (Å²) in [6, 6.07) is 1.70. The maximum Gasteiger partial charge on any atom is 0.179 e. The van der Waals surface area contributed by atoms with Crippen LogP contribution in [0.2, 0.25) is 10.2 Å². The zero-order chi connectivity index (χ0) is 12.0. The van der Waals surface area contributed by atoms with E-state index in [9.17, 15) is 0 Å². The van der Waals surface area contributed by atoms with Gasteiger partial charge < -0.3 is 9.55 Å². The lowest BCUT2D eigenvalue weighted by molar-refractivity contribution is 0.913. The van der Waals surface area contributed by atoms with Crippen LogP contribution >= 0.6 is 23.2 Å². The molecule has 0 saturated carbocycles. The molecule has 0 saturated heterocycles. The van der Waals surface area contributed by atoms with Crippen LogP contribution in [0.25, 0.3) is 22.7 Å². The van der Waals surface area contributed by atoms with Crippen LogP contribution in [0.15, 0.2) is 18.6 Å². The lowest BCUT2D eigenvalue weighted by Gasteiger charge is -1.92. The van der Waals surface area contributed by atoms with Crippen LogP contribution in [-0.4, -0.2) is 24.5 Å². The average molecular weight is 268 g/mol. The predicted molar refractivity (Wildman–Crippen MR) is 66.1 cm³/mol. The van der Waals surface area contributed by atoms with Crippen LogP contribution < -0.4 is 0 Å². The molecule has 0 aliphatic carbocycles. The smallest absolute Gasteiger partial charge is 0.179 e. The van der Waals surface area contributed by atoms with Crippen LogP contribution in [0, 0.1) is 0 Å². The Labute approximate surface area is 106 Å². The molecular formula is C10H7Cl2N5. The van der Waals surface area contributed by atoms with Gasteiger partial charge in [0.2, 0.25) is 0 Å². The Morgan fingerprint density at radius 1 is 1.29 bits per heavy atom. The molecule has 0 atom stereocenters. The zero-order valence-corrected chi connectivity index (χ0v) is 10.3. The Hall–Kier alpha value is -1.59. The van der Waals surface area contributed by atoms with Crippen molar-refractivity contribution >= 4 is 34.4 Å². The van der Waals surface area contributed by atoms with E-state index in [4.69, 9.17) is 23.2 Å². The van der Waals surface area contributed by atoms with Gasteiger partial charge in [-0.3, -0.25) is 0 Å². The third-order valence-corrected chi connectivity index (χ3v) is 3.00. The van der Waals surface area contributed by atoms with Gasteiger partial charge in [0.1, 0.15) is 10.8 Å². The van der Waals surface area contributed by atoms with Gasteiger partial charge in [0.15, 0.2) is 11.5 Å². The molecule has 0 bridgehead atoms. The van der Waals surface area contributed by atoms with Crippen LogP contribution in [0.4, 0.5) is 0 Å². The van der Waals surface area contributed by atoms with Gasteiger partial charge >= 0.3 is 0 Å². The van der Waals surface area contributed by atoms with E-state index in [-0.39, 0.29) is 5.15 Å². The van der Waals surface area contributed by atoms with E-state index in [0.29, 0.717) is 16.5 Å². The predicted octanol–water partition coefficient (Wildman–Crippen LogP) is 2.67. The number of rotatable bonds is 1. The summed E-state index contributed by atoms with van der Waals surface area (Å²) in [4.78, 5) is 15.7. The number of aromatic nitrogens is 5. The molecule has 0 amide bonds. The monoisotopic (exact) mass is 267 g/mol. The molecule has 5 nitrogen and oxygen atoms in total. The van der Waals surface area contributed by atoms with E-state index >= 15 is 0 Å². The molecule has 0 aliphatic rings. The van der Waals surface area contributed by atoms with E-state index in [0.717, 1.165) is 11.2 Å². The number of pyridine rings is 1. The van der Waals surface area contributed by atoms with Crippen LogP contribution in [0.3, 0.4) is 0 Å². The molecule has 17 heavy (non-hydrogen) atoms. The highest BCUT2D eigenvalue weighted by Crippen LogP contribution is 2.25. The largest absolute Gasteiger partial charge is 0.340 e. The number of aryl methyl sites for hydroxylation is 1. The normalized spacial score (nSPS) is 11.2. The summed E-state index contributed by atoms with van der Waals surface area (Å²) in [5.74, 6) is 0.645. The highest BCUT2D eigenvalue weighted by molar-refractivity contribution is 6.41. The van der Waals surface area contributed by atoms with Crippen molar-refractivity contribution in [3.05, 3.63) is 28.8 Å². The van der Waals surface area contributed by atoms with E-state index in [1.165, 1.54) is 0 Å². The highest BCUT2D eigenvalue weighted by atomic mass is 35.5. The fourth-order valence-electron chi connectivity index (χ4n) is 1.55. The van der Waals surface area contributed by atoms with Crippen molar-refractivity contribution in [1.82, 2.24) is 24.5 Å². The summed E-state index contributed by atoms with van der Waals surface area (Å²) in [7, 11) is 1.89. The highest BCUT2D eigenvalue weighted by Gasteiger charge is 2.10. The molecule has 0 spiro atoms. The van der Waals surface area contributed by atoms with Gasteiger partial charge in [0.25, 0.3) is 0 Å². The molecule has 86 valence electrons. The third kappa shape index (κ3) is 1.77. The first-order valence-electron chi connectivity index (χ1n) is 4.83. The minimum Gasteiger partial charge on any atom is -0.340 e. The number of H-pyrrole nitrogens is 1. The summed E-state index contributed by atoms with van der Waals surface area (Å²) >= 11 is 11.7. The lowest BCUT2D eigenvalue weighted by Crippen LogP contribution is -1.80. The standard InChI is InChI=1S/C10H7Cl2N5/c1-17-3-7(13-4-17)10-14-6-2-5(11)8(12)15-9(6)16-10/h2-4H,1H3,(H,14,15,16). The van der Waals surface area contributed by atoms with Crippen molar-refractivity contribution in [2.24, 2.45) is 7.05 Å². The molecule has 3 rings (SSSR count). The quantitative estimate of drug-likeness (QED) is 0.690. The molecular weight excluding hydrogens is 261 g/mol. The van der Waals surface area contributed by atoms with Gasteiger partial charge in [-0.2, -0.15) is 0 Å². The SMILES string of the molecule is Cn1cnc(-c2nc3nc(Cl)c(Cl)cc3[nH]2)c1. The van der Waals surface area contributed by atoms with E-state index in [1.54, 1.807) is 12.4 Å². The van der Waals surface area contributed by atoms with Crippen molar-refractivity contribution in [2.75, 3.05) is 0 Å². The average Bonchev–Trinajstić information content (AvgIpc) is 2.85. The fraction of sp³-hybridized carbons (Fsp3) is 0.100. The second-order valence-corrected chi connectivity index (χ2v) is 4.41. The van der Waals surface area contributed by atoms with Gasteiger partial charge in [-0.1, -0.05) is 23.2 Å².